The van der Waals surface area contributed by atoms with E-state index in [0.29, 0.717) is 22.6 Å². The fourth-order valence-corrected chi connectivity index (χ4v) is 6.03. The van der Waals surface area contributed by atoms with E-state index in [9.17, 15) is 13.2 Å². The molecule has 40 heavy (non-hydrogen) atoms. The third-order valence-electron chi connectivity index (χ3n) is 7.25. The fraction of sp³-hybridized carbons (Fsp3) is 0.367. The summed E-state index contributed by atoms with van der Waals surface area (Å²) in [5.41, 5.74) is 4.47. The topological polar surface area (TPSA) is 121 Å². The van der Waals surface area contributed by atoms with Crippen molar-refractivity contribution in [2.45, 2.75) is 38.5 Å². The molecule has 0 aliphatic carbocycles. The van der Waals surface area contributed by atoms with Crippen LogP contribution in [0.15, 0.2) is 47.5 Å². The van der Waals surface area contributed by atoms with Gasteiger partial charge in [0.25, 0.3) is 0 Å². The number of hydrogen-bond acceptors (Lipinski definition) is 7. The number of H-pyrrole nitrogens is 1. The molecule has 0 unspecified atom stereocenters. The minimum atomic E-state index is -3.40. The average molecular weight is 565 g/mol. The Bertz CT molecular complexity index is 1650. The number of carbonyl (C=O) groups is 2. The third-order valence-corrected chi connectivity index (χ3v) is 8.98. The summed E-state index contributed by atoms with van der Waals surface area (Å²) in [6.45, 7) is 6.82. The zero-order chi connectivity index (χ0) is 29.0. The number of carbonyl (C=O) groups excluding carboxylic acids is 2. The van der Waals surface area contributed by atoms with E-state index in [1.807, 2.05) is 25.1 Å². The summed E-state index contributed by atoms with van der Waals surface area (Å²) >= 11 is 0. The Morgan fingerprint density at radius 1 is 1.23 bits per heavy atom. The van der Waals surface area contributed by atoms with Crippen molar-refractivity contribution < 1.29 is 22.7 Å². The molecule has 4 aromatic rings. The van der Waals surface area contributed by atoms with E-state index in [-0.39, 0.29) is 22.5 Å². The van der Waals surface area contributed by atoms with E-state index in [0.717, 1.165) is 59.7 Å². The van der Waals surface area contributed by atoms with E-state index in [4.69, 9.17) is 9.53 Å². The van der Waals surface area contributed by atoms with Crippen molar-refractivity contribution in [2.75, 3.05) is 38.3 Å². The maximum absolute atomic E-state index is 13.3. The number of aromatic nitrogens is 2. The van der Waals surface area contributed by atoms with Crippen molar-refractivity contribution in [2.24, 2.45) is 5.92 Å². The molecule has 2 N–H and O–H groups in total. The maximum Gasteiger partial charge on any atom is 0.227 e. The zero-order valence-corrected chi connectivity index (χ0v) is 24.4. The molecule has 0 atom stereocenters. The lowest BCUT2D eigenvalue weighted by Gasteiger charge is -2.28. The van der Waals surface area contributed by atoms with Gasteiger partial charge in [0.2, 0.25) is 5.91 Å². The fourth-order valence-electron chi connectivity index (χ4n) is 5.10. The van der Waals surface area contributed by atoms with Crippen LogP contribution in [0, 0.1) is 12.8 Å². The maximum atomic E-state index is 13.3. The Labute approximate surface area is 234 Å². The minimum absolute atomic E-state index is 0.0164. The number of anilines is 1. The molecule has 10 heteroatoms. The third kappa shape index (κ3) is 5.88. The SMILES string of the molecule is CC=O.CCS(=O)(=O)c1cccc(-c2cc(NC(=O)C3CCN(C)CC3)c(OC)c3[nH]c4ncc(C)cc4c23)c1. The number of pyridine rings is 1. The molecule has 212 valence electrons. The monoisotopic (exact) mass is 564 g/mol. The number of aromatic amines is 1. The van der Waals surface area contributed by atoms with Crippen LogP contribution in [0.25, 0.3) is 33.1 Å². The molecule has 0 spiro atoms. The molecular weight excluding hydrogens is 528 g/mol. The van der Waals surface area contributed by atoms with Crippen molar-refractivity contribution in [1.82, 2.24) is 14.9 Å². The van der Waals surface area contributed by atoms with Gasteiger partial charge in [-0.2, -0.15) is 0 Å². The quantitative estimate of drug-likeness (QED) is 0.317. The number of aryl methyl sites for hydroxylation is 1. The molecule has 1 aliphatic heterocycles. The van der Waals surface area contributed by atoms with Crippen LogP contribution in [0.3, 0.4) is 0 Å². The van der Waals surface area contributed by atoms with Crippen molar-refractivity contribution in [1.29, 1.82) is 0 Å². The second-order valence-electron chi connectivity index (χ2n) is 10.0. The Morgan fingerprint density at radius 3 is 2.58 bits per heavy atom. The smallest absolute Gasteiger partial charge is 0.227 e. The van der Waals surface area contributed by atoms with Crippen LogP contribution in [-0.2, 0) is 19.4 Å². The number of rotatable bonds is 6. The number of ether oxygens (including phenoxy) is 1. The number of benzene rings is 2. The van der Waals surface area contributed by atoms with E-state index >= 15 is 0 Å². The Kier molecular flexibility index (Phi) is 8.90. The number of aldehydes is 1. The predicted octanol–water partition coefficient (Wildman–Crippen LogP) is 4.98. The van der Waals surface area contributed by atoms with Gasteiger partial charge in [-0.05, 0) is 87.8 Å². The molecule has 2 aromatic carbocycles. The molecule has 2 aromatic heterocycles. The minimum Gasteiger partial charge on any atom is -0.492 e. The first-order chi connectivity index (χ1) is 19.1. The summed E-state index contributed by atoms with van der Waals surface area (Å²) in [5.74, 6) is 0.421. The highest BCUT2D eigenvalue weighted by Crippen LogP contribution is 2.44. The van der Waals surface area contributed by atoms with Crippen LogP contribution < -0.4 is 10.1 Å². The van der Waals surface area contributed by atoms with Crippen molar-refractivity contribution in [3.8, 4) is 16.9 Å². The highest BCUT2D eigenvalue weighted by molar-refractivity contribution is 7.91. The normalized spacial score (nSPS) is 14.5. The first kappa shape index (κ1) is 29.2. The molecule has 1 saturated heterocycles. The van der Waals surface area contributed by atoms with Gasteiger partial charge in [0, 0.05) is 22.9 Å². The molecule has 3 heterocycles. The Hall–Kier alpha value is -3.76. The molecule has 0 radical (unpaired) electrons. The van der Waals surface area contributed by atoms with E-state index < -0.39 is 9.84 Å². The van der Waals surface area contributed by atoms with Crippen molar-refractivity contribution in [3.63, 3.8) is 0 Å². The number of piperidine rings is 1. The zero-order valence-electron chi connectivity index (χ0n) is 23.6. The molecular formula is C30H36N4O5S. The van der Waals surface area contributed by atoms with E-state index in [1.54, 1.807) is 38.4 Å². The van der Waals surface area contributed by atoms with Crippen LogP contribution >= 0.6 is 0 Å². The molecule has 5 rings (SSSR count). The molecule has 0 bridgehead atoms. The summed E-state index contributed by atoms with van der Waals surface area (Å²) in [4.78, 5) is 32.5. The average Bonchev–Trinajstić information content (AvgIpc) is 3.32. The first-order valence-corrected chi connectivity index (χ1v) is 15.0. The van der Waals surface area contributed by atoms with Crippen LogP contribution in [0.1, 0.15) is 32.3 Å². The van der Waals surface area contributed by atoms with Gasteiger partial charge in [0.15, 0.2) is 15.6 Å². The number of nitrogens with one attached hydrogen (secondary N) is 2. The van der Waals surface area contributed by atoms with E-state index in [2.05, 4.69) is 27.2 Å². The van der Waals surface area contributed by atoms with Gasteiger partial charge < -0.3 is 24.7 Å². The lowest BCUT2D eigenvalue weighted by Crippen LogP contribution is -2.36. The Balaban J connectivity index is 0.00000118. The molecule has 1 amide bonds. The molecule has 9 nitrogen and oxygen atoms in total. The van der Waals surface area contributed by atoms with Gasteiger partial charge in [0.1, 0.15) is 11.9 Å². The first-order valence-electron chi connectivity index (χ1n) is 13.3. The summed E-state index contributed by atoms with van der Waals surface area (Å²) in [7, 11) is 0.250. The number of nitrogens with zero attached hydrogens (tertiary/aromatic N) is 2. The number of amides is 1. The van der Waals surface area contributed by atoms with Gasteiger partial charge >= 0.3 is 0 Å². The molecule has 0 saturated carbocycles. The molecule has 1 fully saturated rings. The van der Waals surface area contributed by atoms with Crippen LogP contribution in [0.4, 0.5) is 5.69 Å². The number of hydrogen-bond donors (Lipinski definition) is 2. The second kappa shape index (κ2) is 12.2. The van der Waals surface area contributed by atoms with Crippen LogP contribution in [0.5, 0.6) is 5.75 Å². The lowest BCUT2D eigenvalue weighted by molar-refractivity contribution is -0.121. The van der Waals surface area contributed by atoms with Crippen LogP contribution in [0.2, 0.25) is 0 Å². The van der Waals surface area contributed by atoms with Gasteiger partial charge in [-0.3, -0.25) is 4.79 Å². The number of fused-ring (bicyclic) bond motifs is 3. The largest absolute Gasteiger partial charge is 0.492 e. The predicted molar refractivity (Wildman–Crippen MR) is 159 cm³/mol. The standard InChI is InChI=1S/C28H32N4O4S.C2H4O/c1-5-37(34,35)20-8-6-7-19(14-20)21-15-23(30-28(33)18-9-11-32(3)12-10-18)26(36-4)25-24(21)22-13-17(2)16-29-27(22)31-25;1-2-3/h6-8,13-16,18H,5,9-12H2,1-4H3,(H,29,31)(H,30,33);2H,1H3. The second-order valence-corrected chi connectivity index (χ2v) is 12.3. The van der Waals surface area contributed by atoms with Gasteiger partial charge in [0.05, 0.1) is 29.0 Å². The highest BCUT2D eigenvalue weighted by atomic mass is 32.2. The number of likely N-dealkylation sites (tertiary alicyclic amines) is 1. The van der Waals surface area contributed by atoms with Gasteiger partial charge in [-0.25, -0.2) is 13.4 Å². The van der Waals surface area contributed by atoms with Crippen molar-refractivity contribution >= 4 is 49.7 Å². The summed E-state index contributed by atoms with van der Waals surface area (Å²) in [5, 5.41) is 4.89. The van der Waals surface area contributed by atoms with Crippen molar-refractivity contribution in [3.05, 3.63) is 48.2 Å². The van der Waals surface area contributed by atoms with Gasteiger partial charge in [-0.1, -0.05) is 19.1 Å². The number of methoxy groups -OCH3 is 1. The molecule has 1 aliphatic rings. The van der Waals surface area contributed by atoms with Crippen LogP contribution in [-0.4, -0.2) is 68.5 Å². The van der Waals surface area contributed by atoms with Gasteiger partial charge in [-0.15, -0.1) is 0 Å². The highest BCUT2D eigenvalue weighted by Gasteiger charge is 2.26. The Morgan fingerprint density at radius 2 is 1.93 bits per heavy atom. The summed E-state index contributed by atoms with van der Waals surface area (Å²) in [6.07, 6.45) is 4.14. The number of sulfone groups is 1. The lowest BCUT2D eigenvalue weighted by atomic mass is 9.95. The van der Waals surface area contributed by atoms with E-state index in [1.165, 1.54) is 6.92 Å². The summed E-state index contributed by atoms with van der Waals surface area (Å²) < 4.78 is 31.2. The summed E-state index contributed by atoms with van der Waals surface area (Å²) in [6, 6.07) is 10.9.